The molecule has 1 amide bonds. The van der Waals surface area contributed by atoms with Gasteiger partial charge in [-0.05, 0) is 24.3 Å². The Labute approximate surface area is 145 Å². The van der Waals surface area contributed by atoms with Crippen LogP contribution in [0.2, 0.25) is 0 Å². The summed E-state index contributed by atoms with van der Waals surface area (Å²) in [6.07, 6.45) is 2.63. The highest BCUT2D eigenvalue weighted by atomic mass is 16.5. The molecule has 0 spiro atoms. The first-order valence-corrected chi connectivity index (χ1v) is 9.13. The lowest BCUT2D eigenvalue weighted by Gasteiger charge is -2.43. The second kappa shape index (κ2) is 7.66. The normalized spacial score (nSPS) is 28.1. The van der Waals surface area contributed by atoms with Crippen molar-refractivity contribution in [3.63, 3.8) is 0 Å². The van der Waals surface area contributed by atoms with Gasteiger partial charge in [0.05, 0.1) is 19.3 Å². The fourth-order valence-corrected chi connectivity index (χ4v) is 3.91. The number of benzene rings is 1. The van der Waals surface area contributed by atoms with Crippen molar-refractivity contribution in [1.82, 2.24) is 4.90 Å². The standard InChI is InChI=1S/C20H29NO3/c1-16(2)18-14-20(8-11-24-18,17-6-4-3-5-7-17)15-19(22)21-9-12-23-13-10-21/h3-7,16,18H,8-15H2,1-2H3. The molecule has 132 valence electrons. The van der Waals surface area contributed by atoms with Gasteiger partial charge in [-0.1, -0.05) is 44.2 Å². The Morgan fingerprint density at radius 3 is 2.58 bits per heavy atom. The van der Waals surface area contributed by atoms with E-state index in [0.29, 0.717) is 38.6 Å². The number of hydrogen-bond donors (Lipinski definition) is 0. The predicted octanol–water partition coefficient (Wildman–Crippen LogP) is 3.01. The first-order valence-electron chi connectivity index (χ1n) is 9.13. The quantitative estimate of drug-likeness (QED) is 0.851. The number of amides is 1. The smallest absolute Gasteiger partial charge is 0.223 e. The van der Waals surface area contributed by atoms with E-state index in [0.717, 1.165) is 19.4 Å². The summed E-state index contributed by atoms with van der Waals surface area (Å²) >= 11 is 0. The van der Waals surface area contributed by atoms with Crippen molar-refractivity contribution in [1.29, 1.82) is 0 Å². The number of rotatable bonds is 4. The van der Waals surface area contributed by atoms with Crippen LogP contribution in [0, 0.1) is 5.92 Å². The molecule has 0 aromatic heterocycles. The van der Waals surface area contributed by atoms with Crippen LogP contribution in [0.1, 0.15) is 38.7 Å². The summed E-state index contributed by atoms with van der Waals surface area (Å²) < 4.78 is 11.4. The first-order chi connectivity index (χ1) is 11.6. The van der Waals surface area contributed by atoms with Crippen LogP contribution < -0.4 is 0 Å². The van der Waals surface area contributed by atoms with E-state index in [2.05, 4.69) is 38.1 Å². The lowest BCUT2D eigenvalue weighted by Crippen LogP contribution is -2.47. The molecule has 2 fully saturated rings. The van der Waals surface area contributed by atoms with Gasteiger partial charge in [0, 0.05) is 31.5 Å². The third kappa shape index (κ3) is 3.81. The molecular formula is C20H29NO3. The Balaban J connectivity index is 1.83. The molecule has 4 nitrogen and oxygen atoms in total. The van der Waals surface area contributed by atoms with Crippen molar-refractivity contribution in [2.75, 3.05) is 32.9 Å². The van der Waals surface area contributed by atoms with E-state index < -0.39 is 0 Å². The molecule has 0 bridgehead atoms. The largest absolute Gasteiger partial charge is 0.378 e. The Kier molecular flexibility index (Phi) is 5.57. The molecule has 2 unspecified atom stereocenters. The highest BCUT2D eigenvalue weighted by Gasteiger charge is 2.41. The lowest BCUT2D eigenvalue weighted by molar-refractivity contribution is -0.138. The molecule has 1 aromatic rings. The fourth-order valence-electron chi connectivity index (χ4n) is 3.91. The summed E-state index contributed by atoms with van der Waals surface area (Å²) in [5.41, 5.74) is 1.17. The number of hydrogen-bond acceptors (Lipinski definition) is 3. The van der Waals surface area contributed by atoms with Crippen molar-refractivity contribution in [2.45, 2.75) is 44.6 Å². The number of carbonyl (C=O) groups excluding carboxylic acids is 1. The van der Waals surface area contributed by atoms with Crippen molar-refractivity contribution in [3.8, 4) is 0 Å². The average Bonchev–Trinajstić information content (AvgIpc) is 2.63. The minimum atomic E-state index is -0.107. The van der Waals surface area contributed by atoms with Crippen LogP contribution in [-0.2, 0) is 19.7 Å². The van der Waals surface area contributed by atoms with Gasteiger partial charge in [-0.25, -0.2) is 0 Å². The molecule has 4 heteroatoms. The van der Waals surface area contributed by atoms with E-state index >= 15 is 0 Å². The second-order valence-electron chi connectivity index (χ2n) is 7.42. The summed E-state index contributed by atoms with van der Waals surface area (Å²) in [7, 11) is 0. The molecular weight excluding hydrogens is 302 g/mol. The van der Waals surface area contributed by atoms with Gasteiger partial charge in [-0.15, -0.1) is 0 Å². The number of nitrogens with zero attached hydrogens (tertiary/aromatic N) is 1. The van der Waals surface area contributed by atoms with Crippen molar-refractivity contribution in [3.05, 3.63) is 35.9 Å². The maximum absolute atomic E-state index is 13.0. The fraction of sp³-hybridized carbons (Fsp3) is 0.650. The van der Waals surface area contributed by atoms with Gasteiger partial charge in [-0.3, -0.25) is 4.79 Å². The molecule has 2 aliphatic rings. The zero-order valence-electron chi connectivity index (χ0n) is 14.9. The van der Waals surface area contributed by atoms with Gasteiger partial charge in [0.15, 0.2) is 0 Å². The van der Waals surface area contributed by atoms with Crippen molar-refractivity contribution >= 4 is 5.91 Å². The Morgan fingerprint density at radius 1 is 1.21 bits per heavy atom. The third-order valence-electron chi connectivity index (χ3n) is 5.49. The number of ether oxygens (including phenoxy) is 2. The van der Waals surface area contributed by atoms with Crippen molar-refractivity contribution in [2.24, 2.45) is 5.92 Å². The zero-order valence-corrected chi connectivity index (χ0v) is 14.9. The molecule has 3 rings (SSSR count). The molecule has 1 aromatic carbocycles. The van der Waals surface area contributed by atoms with Crippen LogP contribution in [0.4, 0.5) is 0 Å². The van der Waals surface area contributed by atoms with Crippen LogP contribution >= 0.6 is 0 Å². The monoisotopic (exact) mass is 331 g/mol. The van der Waals surface area contributed by atoms with Crippen molar-refractivity contribution < 1.29 is 14.3 Å². The molecule has 0 aliphatic carbocycles. The van der Waals surface area contributed by atoms with Crippen LogP contribution in [0.25, 0.3) is 0 Å². The van der Waals surface area contributed by atoms with E-state index in [9.17, 15) is 4.79 Å². The highest BCUT2D eigenvalue weighted by Crippen LogP contribution is 2.42. The van der Waals surface area contributed by atoms with Gasteiger partial charge in [0.1, 0.15) is 0 Å². The van der Waals surface area contributed by atoms with Gasteiger partial charge >= 0.3 is 0 Å². The molecule has 0 radical (unpaired) electrons. The van der Waals surface area contributed by atoms with Crippen LogP contribution in [0.15, 0.2) is 30.3 Å². The van der Waals surface area contributed by atoms with Crippen LogP contribution in [0.5, 0.6) is 0 Å². The SMILES string of the molecule is CC(C)C1CC(CC(=O)N2CCOCC2)(c2ccccc2)CCO1. The molecule has 2 heterocycles. The lowest BCUT2D eigenvalue weighted by atomic mass is 9.68. The van der Waals surface area contributed by atoms with Gasteiger partial charge in [0.25, 0.3) is 0 Å². The average molecular weight is 331 g/mol. The Morgan fingerprint density at radius 2 is 1.92 bits per heavy atom. The summed E-state index contributed by atoms with van der Waals surface area (Å²) in [6, 6.07) is 10.6. The van der Waals surface area contributed by atoms with E-state index in [1.54, 1.807) is 0 Å². The maximum atomic E-state index is 13.0. The summed E-state index contributed by atoms with van der Waals surface area (Å²) in [5, 5.41) is 0. The minimum Gasteiger partial charge on any atom is -0.378 e. The molecule has 2 aliphatic heterocycles. The Bertz CT molecular complexity index is 539. The van der Waals surface area contributed by atoms with E-state index in [1.165, 1.54) is 5.56 Å². The highest BCUT2D eigenvalue weighted by molar-refractivity contribution is 5.78. The maximum Gasteiger partial charge on any atom is 0.223 e. The van der Waals surface area contributed by atoms with Gasteiger partial charge in [0.2, 0.25) is 5.91 Å². The molecule has 0 saturated carbocycles. The zero-order chi connectivity index (χ0) is 17.0. The summed E-state index contributed by atoms with van der Waals surface area (Å²) in [5.74, 6) is 0.721. The van der Waals surface area contributed by atoms with E-state index in [4.69, 9.17) is 9.47 Å². The third-order valence-corrected chi connectivity index (χ3v) is 5.49. The second-order valence-corrected chi connectivity index (χ2v) is 7.42. The van der Waals surface area contributed by atoms with Gasteiger partial charge < -0.3 is 14.4 Å². The topological polar surface area (TPSA) is 38.8 Å². The molecule has 24 heavy (non-hydrogen) atoms. The van der Waals surface area contributed by atoms with Crippen LogP contribution in [-0.4, -0.2) is 49.8 Å². The van der Waals surface area contributed by atoms with Crippen LogP contribution in [0.3, 0.4) is 0 Å². The number of carbonyl (C=O) groups is 1. The Hall–Kier alpha value is -1.39. The number of morpholine rings is 1. The van der Waals surface area contributed by atoms with E-state index in [-0.39, 0.29) is 17.4 Å². The first kappa shape index (κ1) is 17.4. The minimum absolute atomic E-state index is 0.107. The predicted molar refractivity (Wildman–Crippen MR) is 93.9 cm³/mol. The molecule has 2 saturated heterocycles. The molecule has 0 N–H and O–H groups in total. The van der Waals surface area contributed by atoms with E-state index in [1.807, 2.05) is 11.0 Å². The van der Waals surface area contributed by atoms with Gasteiger partial charge in [-0.2, -0.15) is 0 Å². The summed E-state index contributed by atoms with van der Waals surface area (Å²) in [4.78, 5) is 14.9. The summed E-state index contributed by atoms with van der Waals surface area (Å²) in [6.45, 7) is 7.88. The molecule has 2 atom stereocenters.